The molecule has 1 aliphatic heterocycles. The number of hydrogen-bond donors (Lipinski definition) is 2. The Morgan fingerprint density at radius 3 is 2.36 bits per heavy atom. The SMILES string of the molecule is COc1ccc(CNC(=O)NCC2CCN(C(=O)N(C)C)CC2)cc1. The van der Waals surface area contributed by atoms with Crippen LogP contribution in [-0.2, 0) is 6.54 Å². The van der Waals surface area contributed by atoms with Crippen molar-refractivity contribution in [3.05, 3.63) is 29.8 Å². The van der Waals surface area contributed by atoms with E-state index in [4.69, 9.17) is 4.74 Å². The van der Waals surface area contributed by atoms with E-state index in [2.05, 4.69) is 10.6 Å². The maximum atomic E-state index is 11.9. The van der Waals surface area contributed by atoms with E-state index in [1.807, 2.05) is 29.2 Å². The van der Waals surface area contributed by atoms with Crippen molar-refractivity contribution in [2.24, 2.45) is 5.92 Å². The zero-order valence-corrected chi connectivity index (χ0v) is 15.2. The second kappa shape index (κ2) is 9.15. The van der Waals surface area contributed by atoms with Crippen LogP contribution in [0.1, 0.15) is 18.4 Å². The van der Waals surface area contributed by atoms with Gasteiger partial charge in [-0.2, -0.15) is 0 Å². The minimum atomic E-state index is -0.164. The van der Waals surface area contributed by atoms with Gasteiger partial charge in [0.1, 0.15) is 5.75 Å². The molecule has 0 unspecified atom stereocenters. The summed E-state index contributed by atoms with van der Waals surface area (Å²) >= 11 is 0. The fraction of sp³-hybridized carbons (Fsp3) is 0.556. The van der Waals surface area contributed by atoms with E-state index in [0.29, 0.717) is 19.0 Å². The third-order valence-corrected chi connectivity index (χ3v) is 4.43. The largest absolute Gasteiger partial charge is 0.497 e. The zero-order valence-electron chi connectivity index (χ0n) is 15.2. The van der Waals surface area contributed by atoms with Crippen LogP contribution in [0.2, 0.25) is 0 Å². The third-order valence-electron chi connectivity index (χ3n) is 4.43. The Hall–Kier alpha value is -2.44. The number of likely N-dealkylation sites (tertiary alicyclic amines) is 1. The number of urea groups is 2. The molecule has 1 saturated heterocycles. The summed E-state index contributed by atoms with van der Waals surface area (Å²) < 4.78 is 5.11. The smallest absolute Gasteiger partial charge is 0.319 e. The quantitative estimate of drug-likeness (QED) is 0.853. The molecule has 138 valence electrons. The number of hydrogen-bond acceptors (Lipinski definition) is 3. The maximum Gasteiger partial charge on any atom is 0.319 e. The molecule has 4 amide bonds. The zero-order chi connectivity index (χ0) is 18.2. The number of methoxy groups -OCH3 is 1. The molecule has 1 aromatic rings. The van der Waals surface area contributed by atoms with Crippen molar-refractivity contribution < 1.29 is 14.3 Å². The van der Waals surface area contributed by atoms with E-state index in [0.717, 1.165) is 37.2 Å². The van der Waals surface area contributed by atoms with Crippen LogP contribution in [-0.4, -0.2) is 62.7 Å². The lowest BCUT2D eigenvalue weighted by Gasteiger charge is -2.33. The predicted molar refractivity (Wildman–Crippen MR) is 96.6 cm³/mol. The van der Waals surface area contributed by atoms with Crippen molar-refractivity contribution >= 4 is 12.1 Å². The molecule has 7 nitrogen and oxygen atoms in total. The van der Waals surface area contributed by atoms with E-state index >= 15 is 0 Å². The van der Waals surface area contributed by atoms with E-state index in [1.165, 1.54) is 0 Å². The molecule has 2 rings (SSSR count). The maximum absolute atomic E-state index is 11.9. The van der Waals surface area contributed by atoms with Gasteiger partial charge >= 0.3 is 12.1 Å². The fourth-order valence-corrected chi connectivity index (χ4v) is 2.84. The molecule has 0 saturated carbocycles. The van der Waals surface area contributed by atoms with Gasteiger partial charge in [-0.05, 0) is 36.5 Å². The number of carbonyl (C=O) groups is 2. The van der Waals surface area contributed by atoms with E-state index < -0.39 is 0 Å². The number of piperidine rings is 1. The van der Waals surface area contributed by atoms with Crippen LogP contribution >= 0.6 is 0 Å². The number of benzene rings is 1. The number of rotatable bonds is 5. The van der Waals surface area contributed by atoms with Crippen molar-refractivity contribution in [2.75, 3.05) is 40.8 Å². The lowest BCUT2D eigenvalue weighted by atomic mass is 9.97. The molecule has 1 heterocycles. The van der Waals surface area contributed by atoms with Crippen LogP contribution in [0.3, 0.4) is 0 Å². The lowest BCUT2D eigenvalue weighted by molar-refractivity contribution is 0.147. The molecule has 1 fully saturated rings. The van der Waals surface area contributed by atoms with Crippen molar-refractivity contribution in [3.8, 4) is 5.75 Å². The Balaban J connectivity index is 1.64. The first-order valence-corrected chi connectivity index (χ1v) is 8.60. The topological polar surface area (TPSA) is 73.9 Å². The molecule has 7 heteroatoms. The van der Waals surface area contributed by atoms with Crippen molar-refractivity contribution in [2.45, 2.75) is 19.4 Å². The van der Waals surface area contributed by atoms with Crippen LogP contribution < -0.4 is 15.4 Å². The summed E-state index contributed by atoms with van der Waals surface area (Å²) in [7, 11) is 5.16. The second-order valence-corrected chi connectivity index (χ2v) is 6.52. The average molecular weight is 348 g/mol. The predicted octanol–water partition coefficient (Wildman–Crippen LogP) is 1.89. The van der Waals surface area contributed by atoms with Gasteiger partial charge in [0, 0.05) is 40.3 Å². The molecule has 0 radical (unpaired) electrons. The van der Waals surface area contributed by atoms with Crippen LogP contribution in [0.15, 0.2) is 24.3 Å². The first-order chi connectivity index (χ1) is 12.0. The van der Waals surface area contributed by atoms with Crippen LogP contribution in [0.4, 0.5) is 9.59 Å². The molecule has 25 heavy (non-hydrogen) atoms. The number of ether oxygens (including phenoxy) is 1. The van der Waals surface area contributed by atoms with Gasteiger partial charge in [-0.15, -0.1) is 0 Å². The standard InChI is InChI=1S/C18H28N4O3/c1-21(2)18(24)22-10-8-15(9-11-22)13-20-17(23)19-12-14-4-6-16(25-3)7-5-14/h4-7,15H,8-13H2,1-3H3,(H2,19,20,23). The van der Waals surface area contributed by atoms with Crippen LogP contribution in [0, 0.1) is 5.92 Å². The van der Waals surface area contributed by atoms with Gasteiger partial charge in [0.25, 0.3) is 0 Å². The monoisotopic (exact) mass is 348 g/mol. The Morgan fingerprint density at radius 1 is 1.16 bits per heavy atom. The minimum absolute atomic E-state index is 0.0589. The Morgan fingerprint density at radius 2 is 1.80 bits per heavy atom. The minimum Gasteiger partial charge on any atom is -0.497 e. The van der Waals surface area contributed by atoms with Gasteiger partial charge in [-0.25, -0.2) is 9.59 Å². The van der Waals surface area contributed by atoms with E-state index in [1.54, 1.807) is 26.1 Å². The Bertz CT molecular complexity index is 566. The summed E-state index contributed by atoms with van der Waals surface area (Å²) in [6.07, 6.45) is 1.83. The molecule has 1 aliphatic rings. The molecule has 0 atom stereocenters. The van der Waals surface area contributed by atoms with Crippen molar-refractivity contribution in [3.63, 3.8) is 0 Å². The highest BCUT2D eigenvalue weighted by Crippen LogP contribution is 2.17. The average Bonchev–Trinajstić information content (AvgIpc) is 2.64. The summed E-state index contributed by atoms with van der Waals surface area (Å²) in [4.78, 5) is 27.3. The summed E-state index contributed by atoms with van der Waals surface area (Å²) in [5, 5.41) is 5.78. The van der Waals surface area contributed by atoms with Gasteiger partial charge in [0.15, 0.2) is 0 Å². The van der Waals surface area contributed by atoms with E-state index in [9.17, 15) is 9.59 Å². The molecule has 0 spiro atoms. The first-order valence-electron chi connectivity index (χ1n) is 8.60. The normalized spacial score (nSPS) is 14.8. The summed E-state index contributed by atoms with van der Waals surface area (Å²) in [6.45, 7) is 2.61. The van der Waals surface area contributed by atoms with Crippen molar-refractivity contribution in [1.82, 2.24) is 20.4 Å². The number of nitrogens with one attached hydrogen (secondary N) is 2. The second-order valence-electron chi connectivity index (χ2n) is 6.52. The highest BCUT2D eigenvalue weighted by atomic mass is 16.5. The van der Waals surface area contributed by atoms with Crippen LogP contribution in [0.25, 0.3) is 0 Å². The molecular weight excluding hydrogens is 320 g/mol. The Kier molecular flexibility index (Phi) is 6.91. The van der Waals surface area contributed by atoms with E-state index in [-0.39, 0.29) is 12.1 Å². The number of nitrogens with zero attached hydrogens (tertiary/aromatic N) is 2. The highest BCUT2D eigenvalue weighted by Gasteiger charge is 2.23. The van der Waals surface area contributed by atoms with Gasteiger partial charge in [-0.1, -0.05) is 12.1 Å². The fourth-order valence-electron chi connectivity index (χ4n) is 2.84. The van der Waals surface area contributed by atoms with Crippen LogP contribution in [0.5, 0.6) is 5.75 Å². The molecular formula is C18H28N4O3. The third kappa shape index (κ3) is 5.85. The summed E-state index contributed by atoms with van der Waals surface area (Å²) in [5.74, 6) is 1.21. The lowest BCUT2D eigenvalue weighted by Crippen LogP contribution is -2.46. The highest BCUT2D eigenvalue weighted by molar-refractivity contribution is 5.74. The number of amides is 4. The van der Waals surface area contributed by atoms with Gasteiger partial charge < -0.3 is 25.2 Å². The molecule has 1 aromatic carbocycles. The molecule has 0 aromatic heterocycles. The molecule has 0 bridgehead atoms. The van der Waals surface area contributed by atoms with Gasteiger partial charge in [-0.3, -0.25) is 0 Å². The summed E-state index contributed by atoms with van der Waals surface area (Å²) in [6, 6.07) is 7.49. The number of carbonyl (C=O) groups excluding carboxylic acids is 2. The molecule has 2 N–H and O–H groups in total. The Labute approximate surface area is 149 Å². The van der Waals surface area contributed by atoms with Gasteiger partial charge in [0.05, 0.1) is 7.11 Å². The van der Waals surface area contributed by atoms with Crippen molar-refractivity contribution in [1.29, 1.82) is 0 Å². The molecule has 0 aliphatic carbocycles. The van der Waals surface area contributed by atoms with Gasteiger partial charge in [0.2, 0.25) is 0 Å². The first kappa shape index (κ1) is 18.9. The summed E-state index contributed by atoms with van der Waals surface area (Å²) in [5.41, 5.74) is 1.02.